The van der Waals surface area contributed by atoms with E-state index >= 15 is 0 Å². The fourth-order valence-corrected chi connectivity index (χ4v) is 0.866. The standard InChI is InChI=1S/C6H12O2/c1-5(7)3-6(2)4-8-6/h5,7H,3-4H2,1-2H3. The van der Waals surface area contributed by atoms with E-state index in [1.807, 2.05) is 6.92 Å². The first kappa shape index (κ1) is 6.05. The van der Waals surface area contributed by atoms with Crippen molar-refractivity contribution in [3.63, 3.8) is 0 Å². The fraction of sp³-hybridized carbons (Fsp3) is 1.00. The monoisotopic (exact) mass is 116 g/mol. The number of aliphatic hydroxyl groups is 1. The fourth-order valence-electron chi connectivity index (χ4n) is 0.866. The second kappa shape index (κ2) is 1.71. The van der Waals surface area contributed by atoms with Crippen molar-refractivity contribution in [3.05, 3.63) is 0 Å². The molecule has 1 aliphatic heterocycles. The first-order valence-corrected chi connectivity index (χ1v) is 2.94. The molecule has 0 bridgehead atoms. The van der Waals surface area contributed by atoms with Gasteiger partial charge in [0.15, 0.2) is 0 Å². The summed E-state index contributed by atoms with van der Waals surface area (Å²) in [7, 11) is 0. The first-order valence-electron chi connectivity index (χ1n) is 2.94. The summed E-state index contributed by atoms with van der Waals surface area (Å²) >= 11 is 0. The summed E-state index contributed by atoms with van der Waals surface area (Å²) in [5, 5.41) is 8.85. The molecule has 0 radical (unpaired) electrons. The third kappa shape index (κ3) is 1.46. The van der Waals surface area contributed by atoms with Gasteiger partial charge < -0.3 is 9.84 Å². The molecule has 0 aromatic heterocycles. The van der Waals surface area contributed by atoms with Crippen LogP contribution in [0.3, 0.4) is 0 Å². The zero-order valence-corrected chi connectivity index (χ0v) is 5.35. The van der Waals surface area contributed by atoms with Crippen LogP contribution in [0.25, 0.3) is 0 Å². The lowest BCUT2D eigenvalue weighted by Gasteiger charge is -2.05. The average molecular weight is 116 g/mol. The van der Waals surface area contributed by atoms with Crippen LogP contribution < -0.4 is 0 Å². The molecule has 0 spiro atoms. The maximum atomic E-state index is 8.85. The van der Waals surface area contributed by atoms with Crippen molar-refractivity contribution in [2.24, 2.45) is 0 Å². The van der Waals surface area contributed by atoms with Gasteiger partial charge in [0.05, 0.1) is 18.3 Å². The molecule has 2 atom stereocenters. The Kier molecular flexibility index (Phi) is 1.29. The molecule has 1 rings (SSSR count). The average Bonchev–Trinajstić information content (AvgIpc) is 2.17. The summed E-state index contributed by atoms with van der Waals surface area (Å²) in [6, 6.07) is 0. The van der Waals surface area contributed by atoms with Gasteiger partial charge in [-0.25, -0.2) is 0 Å². The quantitative estimate of drug-likeness (QED) is 0.534. The summed E-state index contributed by atoms with van der Waals surface area (Å²) in [6.07, 6.45) is 0.551. The van der Waals surface area contributed by atoms with Gasteiger partial charge in [-0.05, 0) is 13.8 Å². The largest absolute Gasteiger partial charge is 0.393 e. The highest BCUT2D eigenvalue weighted by Crippen LogP contribution is 2.30. The van der Waals surface area contributed by atoms with Crippen LogP contribution >= 0.6 is 0 Å². The predicted octanol–water partition coefficient (Wildman–Crippen LogP) is 0.546. The summed E-state index contributed by atoms with van der Waals surface area (Å²) in [5.74, 6) is 0. The smallest absolute Gasteiger partial charge is 0.0913 e. The van der Waals surface area contributed by atoms with E-state index in [9.17, 15) is 0 Å². The Hall–Kier alpha value is -0.0800. The van der Waals surface area contributed by atoms with Crippen molar-refractivity contribution in [1.82, 2.24) is 0 Å². The minimum absolute atomic E-state index is 0.0220. The van der Waals surface area contributed by atoms with Crippen molar-refractivity contribution in [2.45, 2.75) is 32.0 Å². The van der Waals surface area contributed by atoms with E-state index in [1.54, 1.807) is 6.92 Å². The lowest BCUT2D eigenvalue weighted by atomic mass is 10.1. The summed E-state index contributed by atoms with van der Waals surface area (Å²) in [5.41, 5.74) is 0.0220. The highest BCUT2D eigenvalue weighted by Gasteiger charge is 2.39. The van der Waals surface area contributed by atoms with Crippen LogP contribution in [0.2, 0.25) is 0 Å². The van der Waals surface area contributed by atoms with Gasteiger partial charge in [-0.3, -0.25) is 0 Å². The molecule has 0 aromatic carbocycles. The summed E-state index contributed by atoms with van der Waals surface area (Å²) in [6.45, 7) is 4.62. The highest BCUT2D eigenvalue weighted by molar-refractivity contribution is 4.87. The van der Waals surface area contributed by atoms with Crippen LogP contribution in [0.15, 0.2) is 0 Å². The van der Waals surface area contributed by atoms with Crippen LogP contribution in [-0.2, 0) is 4.74 Å². The van der Waals surface area contributed by atoms with Gasteiger partial charge in [0.1, 0.15) is 0 Å². The SMILES string of the molecule is CC(O)CC1(C)CO1. The number of hydrogen-bond acceptors (Lipinski definition) is 2. The molecule has 1 N–H and O–H groups in total. The molecule has 1 saturated heterocycles. The van der Waals surface area contributed by atoms with E-state index in [4.69, 9.17) is 9.84 Å². The van der Waals surface area contributed by atoms with Gasteiger partial charge in [-0.15, -0.1) is 0 Å². The number of epoxide rings is 1. The molecule has 0 aromatic rings. The van der Waals surface area contributed by atoms with Gasteiger partial charge in [0.25, 0.3) is 0 Å². The Morgan fingerprint density at radius 1 is 1.88 bits per heavy atom. The minimum atomic E-state index is -0.220. The maximum absolute atomic E-state index is 8.85. The zero-order valence-electron chi connectivity index (χ0n) is 5.35. The Morgan fingerprint density at radius 3 is 2.50 bits per heavy atom. The highest BCUT2D eigenvalue weighted by atomic mass is 16.6. The van der Waals surface area contributed by atoms with Crippen molar-refractivity contribution in [2.75, 3.05) is 6.61 Å². The number of aliphatic hydroxyl groups excluding tert-OH is 1. The van der Waals surface area contributed by atoms with Crippen molar-refractivity contribution in [1.29, 1.82) is 0 Å². The molecule has 48 valence electrons. The lowest BCUT2D eigenvalue weighted by molar-refractivity contribution is 0.146. The Labute approximate surface area is 49.5 Å². The van der Waals surface area contributed by atoms with E-state index in [0.717, 1.165) is 13.0 Å². The topological polar surface area (TPSA) is 32.8 Å². The normalized spacial score (nSPS) is 39.4. The molecular formula is C6H12O2. The van der Waals surface area contributed by atoms with Crippen LogP contribution in [-0.4, -0.2) is 23.4 Å². The van der Waals surface area contributed by atoms with E-state index in [1.165, 1.54) is 0 Å². The Morgan fingerprint density at radius 2 is 2.38 bits per heavy atom. The van der Waals surface area contributed by atoms with Gasteiger partial charge in [-0.1, -0.05) is 0 Å². The second-order valence-corrected chi connectivity index (χ2v) is 2.79. The second-order valence-electron chi connectivity index (χ2n) is 2.79. The molecular weight excluding hydrogens is 104 g/mol. The molecule has 1 fully saturated rings. The van der Waals surface area contributed by atoms with Crippen molar-refractivity contribution in [3.8, 4) is 0 Å². The van der Waals surface area contributed by atoms with Gasteiger partial charge in [0, 0.05) is 6.42 Å². The maximum Gasteiger partial charge on any atom is 0.0913 e. The van der Waals surface area contributed by atoms with E-state index < -0.39 is 0 Å². The van der Waals surface area contributed by atoms with E-state index in [0.29, 0.717) is 0 Å². The van der Waals surface area contributed by atoms with Crippen molar-refractivity contribution >= 4 is 0 Å². The number of rotatable bonds is 2. The lowest BCUT2D eigenvalue weighted by Crippen LogP contribution is -2.13. The molecule has 2 unspecified atom stereocenters. The molecule has 2 nitrogen and oxygen atoms in total. The molecule has 1 aliphatic rings. The Bertz CT molecular complexity index is 84.5. The predicted molar refractivity (Wildman–Crippen MR) is 30.7 cm³/mol. The molecule has 0 aliphatic carbocycles. The van der Waals surface area contributed by atoms with E-state index in [2.05, 4.69) is 0 Å². The zero-order chi connectivity index (χ0) is 6.20. The van der Waals surface area contributed by atoms with Crippen LogP contribution in [0.4, 0.5) is 0 Å². The van der Waals surface area contributed by atoms with Crippen LogP contribution in [0.5, 0.6) is 0 Å². The minimum Gasteiger partial charge on any atom is -0.393 e. The Balaban J connectivity index is 2.19. The van der Waals surface area contributed by atoms with Crippen LogP contribution in [0.1, 0.15) is 20.3 Å². The van der Waals surface area contributed by atoms with Gasteiger partial charge >= 0.3 is 0 Å². The molecule has 0 saturated carbocycles. The third-order valence-corrected chi connectivity index (χ3v) is 1.36. The molecule has 8 heavy (non-hydrogen) atoms. The van der Waals surface area contributed by atoms with Gasteiger partial charge in [-0.2, -0.15) is 0 Å². The first-order chi connectivity index (χ1) is 3.62. The summed E-state index contributed by atoms with van der Waals surface area (Å²) in [4.78, 5) is 0. The van der Waals surface area contributed by atoms with Gasteiger partial charge in [0.2, 0.25) is 0 Å². The number of hydrogen-bond donors (Lipinski definition) is 1. The van der Waals surface area contributed by atoms with Crippen molar-refractivity contribution < 1.29 is 9.84 Å². The molecule has 2 heteroatoms. The summed E-state index contributed by atoms with van der Waals surface area (Å²) < 4.78 is 5.05. The van der Waals surface area contributed by atoms with Crippen LogP contribution in [0, 0.1) is 0 Å². The van der Waals surface area contributed by atoms with E-state index in [-0.39, 0.29) is 11.7 Å². The third-order valence-electron chi connectivity index (χ3n) is 1.36. The molecule has 0 amide bonds. The molecule has 1 heterocycles. The number of ether oxygens (including phenoxy) is 1.